The second-order valence-corrected chi connectivity index (χ2v) is 16.6. The Hall–Kier alpha value is -7.56. The number of rotatable bonds is 3. The minimum Gasteiger partial charge on any atom is -0.309 e. The lowest BCUT2D eigenvalue weighted by Crippen LogP contribution is -2.25. The van der Waals surface area contributed by atoms with Crippen LogP contribution in [0, 0.1) is 0 Å². The molecular formula is C55H36N4. The monoisotopic (exact) mass is 752 g/mol. The van der Waals surface area contributed by atoms with E-state index >= 15 is 0 Å². The van der Waals surface area contributed by atoms with Crippen LogP contribution in [0.4, 0.5) is 0 Å². The van der Waals surface area contributed by atoms with Crippen LogP contribution in [0.3, 0.4) is 0 Å². The second kappa shape index (κ2) is 11.7. The van der Waals surface area contributed by atoms with Crippen LogP contribution in [0.1, 0.15) is 25.0 Å². The molecule has 276 valence electrons. The highest BCUT2D eigenvalue weighted by Crippen LogP contribution is 2.50. The molecule has 0 unspecified atom stereocenters. The Bertz CT molecular complexity index is 3770. The normalized spacial score (nSPS) is 13.4. The second-order valence-electron chi connectivity index (χ2n) is 16.6. The van der Waals surface area contributed by atoms with Gasteiger partial charge in [0.1, 0.15) is 0 Å². The van der Waals surface area contributed by atoms with Crippen molar-refractivity contribution in [2.45, 2.75) is 19.3 Å². The van der Waals surface area contributed by atoms with E-state index in [1.807, 2.05) is 0 Å². The Kier molecular flexibility index (Phi) is 6.48. The number of hydrogen-bond acceptors (Lipinski definition) is 2. The van der Waals surface area contributed by atoms with Crippen molar-refractivity contribution in [3.8, 4) is 34.0 Å². The van der Waals surface area contributed by atoms with Gasteiger partial charge in [-0.25, -0.2) is 9.97 Å². The Balaban J connectivity index is 1.00. The van der Waals surface area contributed by atoms with E-state index in [0.717, 1.165) is 27.6 Å². The van der Waals surface area contributed by atoms with E-state index in [1.165, 1.54) is 87.6 Å². The summed E-state index contributed by atoms with van der Waals surface area (Å²) in [6, 6.07) is 66.4. The molecule has 9 aromatic carbocycles. The standard InChI is InChI=1S/C55H36N4/c1-55(2)45-18-11-19-46-51(45)53(42-27-23-34-13-5-6-15-39(34)52(42)55)57-54(56-46)59-48-21-10-8-17-41(48)44-32-37(25-29-50(44)59)36-24-28-49-43(31-36)40-16-7-9-20-47(40)58(49)38-26-22-33-12-3-4-14-35(33)30-38/h3-32H,1-2H3. The average Bonchev–Trinajstić information content (AvgIpc) is 3.79. The van der Waals surface area contributed by atoms with Gasteiger partial charge in [-0.15, -0.1) is 0 Å². The summed E-state index contributed by atoms with van der Waals surface area (Å²) in [6.45, 7) is 4.68. The Labute approximate surface area is 340 Å². The molecule has 0 aliphatic heterocycles. The molecule has 0 amide bonds. The highest BCUT2D eigenvalue weighted by Gasteiger charge is 2.36. The van der Waals surface area contributed by atoms with Gasteiger partial charge < -0.3 is 4.57 Å². The van der Waals surface area contributed by atoms with Crippen LogP contribution in [0.25, 0.3) is 110 Å². The van der Waals surface area contributed by atoms with E-state index in [0.29, 0.717) is 5.95 Å². The van der Waals surface area contributed by atoms with E-state index in [1.54, 1.807) is 0 Å². The molecule has 3 aromatic heterocycles. The number of nitrogens with zero attached hydrogens (tertiary/aromatic N) is 4. The molecule has 0 spiro atoms. The fourth-order valence-electron chi connectivity index (χ4n) is 10.4. The third kappa shape index (κ3) is 4.49. The Morgan fingerprint density at radius 2 is 1.02 bits per heavy atom. The molecule has 1 aliphatic carbocycles. The number of aromatic nitrogens is 4. The van der Waals surface area contributed by atoms with Gasteiger partial charge in [0.2, 0.25) is 5.95 Å². The molecule has 3 heterocycles. The van der Waals surface area contributed by atoms with Crippen molar-refractivity contribution in [1.82, 2.24) is 19.1 Å². The molecule has 0 bridgehead atoms. The zero-order chi connectivity index (χ0) is 39.0. The summed E-state index contributed by atoms with van der Waals surface area (Å²) in [7, 11) is 0. The largest absolute Gasteiger partial charge is 0.309 e. The number of fused-ring (bicyclic) bond motifs is 11. The van der Waals surface area contributed by atoms with Gasteiger partial charge in [0.15, 0.2) is 0 Å². The molecule has 0 saturated heterocycles. The molecule has 0 radical (unpaired) electrons. The van der Waals surface area contributed by atoms with E-state index in [-0.39, 0.29) is 5.41 Å². The molecule has 59 heavy (non-hydrogen) atoms. The zero-order valence-corrected chi connectivity index (χ0v) is 32.6. The first-order valence-electron chi connectivity index (χ1n) is 20.4. The quantitative estimate of drug-likeness (QED) is 0.180. The van der Waals surface area contributed by atoms with E-state index in [2.05, 4.69) is 205 Å². The van der Waals surface area contributed by atoms with E-state index in [4.69, 9.17) is 9.97 Å². The minimum atomic E-state index is -0.217. The lowest BCUT2D eigenvalue weighted by atomic mass is 9.68. The first-order chi connectivity index (χ1) is 29.0. The van der Waals surface area contributed by atoms with Crippen LogP contribution in [0.5, 0.6) is 0 Å². The van der Waals surface area contributed by atoms with Gasteiger partial charge in [-0.1, -0.05) is 141 Å². The first kappa shape index (κ1) is 32.5. The molecular weight excluding hydrogens is 717 g/mol. The van der Waals surface area contributed by atoms with Gasteiger partial charge in [0, 0.05) is 43.6 Å². The van der Waals surface area contributed by atoms with Crippen LogP contribution in [-0.2, 0) is 5.41 Å². The van der Waals surface area contributed by atoms with Gasteiger partial charge in [-0.2, -0.15) is 0 Å². The maximum Gasteiger partial charge on any atom is 0.235 e. The summed E-state index contributed by atoms with van der Waals surface area (Å²) in [4.78, 5) is 10.9. The van der Waals surface area contributed by atoms with Crippen LogP contribution < -0.4 is 0 Å². The average molecular weight is 753 g/mol. The van der Waals surface area contributed by atoms with Crippen LogP contribution in [0.2, 0.25) is 0 Å². The molecule has 0 N–H and O–H groups in total. The molecule has 12 aromatic rings. The van der Waals surface area contributed by atoms with Crippen molar-refractivity contribution in [2.24, 2.45) is 0 Å². The van der Waals surface area contributed by atoms with Gasteiger partial charge in [0.25, 0.3) is 0 Å². The Morgan fingerprint density at radius 1 is 0.424 bits per heavy atom. The summed E-state index contributed by atoms with van der Waals surface area (Å²) in [5, 5.41) is 11.0. The highest BCUT2D eigenvalue weighted by atomic mass is 15.2. The summed E-state index contributed by atoms with van der Waals surface area (Å²) < 4.78 is 4.66. The molecule has 4 heteroatoms. The number of para-hydroxylation sites is 2. The minimum absolute atomic E-state index is 0.217. The van der Waals surface area contributed by atoms with Crippen molar-refractivity contribution < 1.29 is 0 Å². The molecule has 1 aliphatic rings. The maximum atomic E-state index is 5.53. The molecule has 0 atom stereocenters. The topological polar surface area (TPSA) is 35.6 Å². The summed E-state index contributed by atoms with van der Waals surface area (Å²) in [5.74, 6) is 0.685. The third-order valence-corrected chi connectivity index (χ3v) is 13.1. The maximum absolute atomic E-state index is 5.53. The highest BCUT2D eigenvalue weighted by molar-refractivity contribution is 6.13. The van der Waals surface area contributed by atoms with E-state index < -0.39 is 0 Å². The smallest absolute Gasteiger partial charge is 0.235 e. The molecule has 13 rings (SSSR count). The molecule has 4 nitrogen and oxygen atoms in total. The van der Waals surface area contributed by atoms with Crippen LogP contribution in [0.15, 0.2) is 182 Å². The predicted molar refractivity (Wildman–Crippen MR) is 246 cm³/mol. The SMILES string of the molecule is CC1(C)c2c(ccc3ccccc23)-c2nc(-n3c4ccccc4c4cc(-c5ccc6c(c5)c5ccccc5n6-c5ccc6ccccc6c5)ccc43)nc3cccc1c23. The number of benzene rings is 9. The van der Waals surface area contributed by atoms with Crippen molar-refractivity contribution in [2.75, 3.05) is 0 Å². The number of hydrogen-bond donors (Lipinski definition) is 0. The van der Waals surface area contributed by atoms with Gasteiger partial charge in [0.05, 0.1) is 33.3 Å². The van der Waals surface area contributed by atoms with Crippen LogP contribution >= 0.6 is 0 Å². The first-order valence-corrected chi connectivity index (χ1v) is 20.4. The molecule has 0 saturated carbocycles. The third-order valence-electron chi connectivity index (χ3n) is 13.1. The molecule has 0 fully saturated rings. The zero-order valence-electron chi connectivity index (χ0n) is 32.6. The summed E-state index contributed by atoms with van der Waals surface area (Å²) >= 11 is 0. The summed E-state index contributed by atoms with van der Waals surface area (Å²) in [6.07, 6.45) is 0. The van der Waals surface area contributed by atoms with Crippen molar-refractivity contribution in [3.63, 3.8) is 0 Å². The van der Waals surface area contributed by atoms with Crippen molar-refractivity contribution >= 4 is 76.1 Å². The Morgan fingerprint density at radius 3 is 1.76 bits per heavy atom. The summed E-state index contributed by atoms with van der Waals surface area (Å²) in [5.41, 5.74) is 13.6. The fraction of sp³-hybridized carbons (Fsp3) is 0.0545. The van der Waals surface area contributed by atoms with E-state index in [9.17, 15) is 0 Å². The predicted octanol–water partition coefficient (Wildman–Crippen LogP) is 14.1. The van der Waals surface area contributed by atoms with Gasteiger partial charge in [-0.3, -0.25) is 4.57 Å². The fourth-order valence-corrected chi connectivity index (χ4v) is 10.4. The van der Waals surface area contributed by atoms with Crippen LogP contribution in [-0.4, -0.2) is 19.1 Å². The lowest BCUT2D eigenvalue weighted by molar-refractivity contribution is 0.650. The van der Waals surface area contributed by atoms with Crippen molar-refractivity contribution in [1.29, 1.82) is 0 Å². The lowest BCUT2D eigenvalue weighted by Gasteiger charge is -2.35. The van der Waals surface area contributed by atoms with Gasteiger partial charge >= 0.3 is 0 Å². The van der Waals surface area contributed by atoms with Gasteiger partial charge in [-0.05, 0) is 98.4 Å². The van der Waals surface area contributed by atoms with Crippen molar-refractivity contribution in [3.05, 3.63) is 193 Å².